The molecule has 1 saturated carbocycles. The van der Waals surface area contributed by atoms with Crippen LogP contribution in [0.5, 0.6) is 0 Å². The maximum Gasteiger partial charge on any atom is 0.0648 e. The van der Waals surface area contributed by atoms with Gasteiger partial charge < -0.3 is 4.74 Å². The van der Waals surface area contributed by atoms with Crippen molar-refractivity contribution in [3.8, 4) is 5.69 Å². The number of piperidine rings is 1. The normalized spacial score (nSPS) is 26.7. The predicted octanol–water partition coefficient (Wildman–Crippen LogP) is 4.27. The van der Waals surface area contributed by atoms with E-state index < -0.39 is 0 Å². The van der Waals surface area contributed by atoms with E-state index in [-0.39, 0.29) is 0 Å². The Kier molecular flexibility index (Phi) is 4.89. The van der Waals surface area contributed by atoms with Gasteiger partial charge in [-0.15, -0.1) is 0 Å². The maximum atomic E-state index is 5.87. The summed E-state index contributed by atoms with van der Waals surface area (Å²) < 4.78 is 7.96. The first-order chi connectivity index (χ1) is 12.6. The van der Waals surface area contributed by atoms with E-state index in [0.29, 0.717) is 11.5 Å². The molecule has 1 aliphatic heterocycles. The number of ether oxygens (including phenoxy) is 1. The van der Waals surface area contributed by atoms with Crippen LogP contribution in [0.25, 0.3) is 5.69 Å². The van der Waals surface area contributed by atoms with Gasteiger partial charge in [-0.05, 0) is 58.2 Å². The molecule has 0 unspecified atom stereocenters. The lowest BCUT2D eigenvalue weighted by Crippen LogP contribution is -2.47. The Morgan fingerprint density at radius 2 is 1.92 bits per heavy atom. The van der Waals surface area contributed by atoms with Gasteiger partial charge >= 0.3 is 0 Å². The summed E-state index contributed by atoms with van der Waals surface area (Å²) in [6.45, 7) is 7.71. The standard InChI is InChI=1S/C22H31N3O/c1-17-20(18(2)25(23-17)19-9-5-4-6-10-19)15-24-14-8-13-22(16-24)12-7-11-21(22)26-3/h4-6,9-10,21H,7-8,11-16H2,1-3H3/t21-,22-/m1/s1. The van der Waals surface area contributed by atoms with Crippen molar-refractivity contribution < 1.29 is 4.74 Å². The van der Waals surface area contributed by atoms with Crippen molar-refractivity contribution in [2.24, 2.45) is 5.41 Å². The van der Waals surface area contributed by atoms with E-state index in [1.54, 1.807) is 0 Å². The van der Waals surface area contributed by atoms with Crippen molar-refractivity contribution in [3.05, 3.63) is 47.3 Å². The molecule has 140 valence electrons. The highest BCUT2D eigenvalue weighted by molar-refractivity contribution is 5.36. The molecule has 2 aromatic rings. The summed E-state index contributed by atoms with van der Waals surface area (Å²) in [5.74, 6) is 0. The zero-order valence-electron chi connectivity index (χ0n) is 16.4. The van der Waals surface area contributed by atoms with Crippen molar-refractivity contribution in [2.75, 3.05) is 20.2 Å². The molecule has 26 heavy (non-hydrogen) atoms. The molecule has 1 aromatic carbocycles. The number of methoxy groups -OCH3 is 1. The van der Waals surface area contributed by atoms with Gasteiger partial charge in [-0.25, -0.2) is 4.68 Å². The van der Waals surface area contributed by atoms with Gasteiger partial charge in [0.05, 0.1) is 17.5 Å². The fourth-order valence-electron chi connectivity index (χ4n) is 5.28. The number of nitrogens with zero attached hydrogens (tertiary/aromatic N) is 3. The molecule has 1 saturated heterocycles. The van der Waals surface area contributed by atoms with Crippen LogP contribution in [0.15, 0.2) is 30.3 Å². The van der Waals surface area contributed by atoms with Gasteiger partial charge in [-0.2, -0.15) is 5.10 Å². The van der Waals surface area contributed by atoms with Crippen LogP contribution < -0.4 is 0 Å². The minimum atomic E-state index is 0.379. The number of benzene rings is 1. The van der Waals surface area contributed by atoms with E-state index in [2.05, 4.69) is 53.8 Å². The van der Waals surface area contributed by atoms with Gasteiger partial charge in [-0.3, -0.25) is 4.90 Å². The molecule has 1 aromatic heterocycles. The fraction of sp³-hybridized carbons (Fsp3) is 0.591. The van der Waals surface area contributed by atoms with Crippen LogP contribution in [-0.4, -0.2) is 41.0 Å². The van der Waals surface area contributed by atoms with Gasteiger partial charge in [0.1, 0.15) is 0 Å². The lowest BCUT2D eigenvalue weighted by Gasteiger charge is -2.43. The number of para-hydroxylation sites is 1. The highest BCUT2D eigenvalue weighted by Gasteiger charge is 2.45. The van der Waals surface area contributed by atoms with E-state index in [1.165, 1.54) is 56.5 Å². The molecule has 0 amide bonds. The Hall–Kier alpha value is -1.65. The first-order valence-corrected chi connectivity index (χ1v) is 9.99. The summed E-state index contributed by atoms with van der Waals surface area (Å²) in [6.07, 6.45) is 6.92. The van der Waals surface area contributed by atoms with Crippen LogP contribution >= 0.6 is 0 Å². The van der Waals surface area contributed by atoms with Crippen LogP contribution in [0, 0.1) is 19.3 Å². The summed E-state index contributed by atoms with van der Waals surface area (Å²) in [4.78, 5) is 2.65. The lowest BCUT2D eigenvalue weighted by atomic mass is 9.76. The molecule has 4 rings (SSSR count). The van der Waals surface area contributed by atoms with E-state index in [9.17, 15) is 0 Å². The molecular formula is C22H31N3O. The zero-order valence-corrected chi connectivity index (χ0v) is 16.4. The van der Waals surface area contributed by atoms with Crippen LogP contribution in [0.3, 0.4) is 0 Å². The van der Waals surface area contributed by atoms with E-state index in [4.69, 9.17) is 9.84 Å². The highest BCUT2D eigenvalue weighted by Crippen LogP contribution is 2.46. The van der Waals surface area contributed by atoms with E-state index in [1.807, 2.05) is 7.11 Å². The monoisotopic (exact) mass is 353 g/mol. The third-order valence-electron chi connectivity index (χ3n) is 6.62. The first kappa shape index (κ1) is 17.7. The van der Waals surface area contributed by atoms with Gasteiger partial charge in [0, 0.05) is 36.9 Å². The largest absolute Gasteiger partial charge is 0.381 e. The highest BCUT2D eigenvalue weighted by atomic mass is 16.5. The third-order valence-corrected chi connectivity index (χ3v) is 6.62. The number of aryl methyl sites for hydroxylation is 1. The number of hydrogen-bond donors (Lipinski definition) is 0. The fourth-order valence-corrected chi connectivity index (χ4v) is 5.28. The van der Waals surface area contributed by atoms with Crippen molar-refractivity contribution in [3.63, 3.8) is 0 Å². The van der Waals surface area contributed by atoms with Gasteiger partial charge in [0.2, 0.25) is 0 Å². The van der Waals surface area contributed by atoms with Crippen LogP contribution in [0.2, 0.25) is 0 Å². The first-order valence-electron chi connectivity index (χ1n) is 9.99. The smallest absolute Gasteiger partial charge is 0.0648 e. The van der Waals surface area contributed by atoms with Gasteiger partial charge in [-0.1, -0.05) is 24.6 Å². The minimum absolute atomic E-state index is 0.379. The SMILES string of the molecule is CO[C@@H]1CCC[C@]12CCCN(Cc1c(C)nn(-c3ccccc3)c1C)C2. The molecule has 4 heteroatoms. The second-order valence-corrected chi connectivity index (χ2v) is 8.19. The van der Waals surface area contributed by atoms with Gasteiger partial charge in [0.25, 0.3) is 0 Å². The van der Waals surface area contributed by atoms with E-state index in [0.717, 1.165) is 17.9 Å². The Bertz CT molecular complexity index is 754. The maximum absolute atomic E-state index is 5.87. The summed E-state index contributed by atoms with van der Waals surface area (Å²) in [5.41, 5.74) is 5.33. The van der Waals surface area contributed by atoms with Crippen molar-refractivity contribution >= 4 is 0 Å². The average Bonchev–Trinajstić information content (AvgIpc) is 3.17. The molecule has 0 N–H and O–H groups in total. The predicted molar refractivity (Wildman–Crippen MR) is 105 cm³/mol. The molecular weight excluding hydrogens is 322 g/mol. The van der Waals surface area contributed by atoms with Crippen molar-refractivity contribution in [1.82, 2.24) is 14.7 Å². The number of aromatic nitrogens is 2. The molecule has 0 bridgehead atoms. The summed E-state index contributed by atoms with van der Waals surface area (Å²) in [6, 6.07) is 10.5. The topological polar surface area (TPSA) is 30.3 Å². The lowest BCUT2D eigenvalue weighted by molar-refractivity contribution is -0.0367. The number of hydrogen-bond acceptors (Lipinski definition) is 3. The Morgan fingerprint density at radius 3 is 2.69 bits per heavy atom. The molecule has 2 fully saturated rings. The van der Waals surface area contributed by atoms with Crippen LogP contribution in [0.4, 0.5) is 0 Å². The van der Waals surface area contributed by atoms with Crippen LogP contribution in [0.1, 0.15) is 49.1 Å². The molecule has 2 heterocycles. The Balaban J connectivity index is 1.55. The molecule has 4 nitrogen and oxygen atoms in total. The average molecular weight is 354 g/mol. The van der Waals surface area contributed by atoms with Gasteiger partial charge in [0.15, 0.2) is 0 Å². The molecule has 2 atom stereocenters. The summed E-state index contributed by atoms with van der Waals surface area (Å²) >= 11 is 0. The number of likely N-dealkylation sites (tertiary alicyclic amines) is 1. The second-order valence-electron chi connectivity index (χ2n) is 8.19. The minimum Gasteiger partial charge on any atom is -0.381 e. The Morgan fingerprint density at radius 1 is 1.15 bits per heavy atom. The summed E-state index contributed by atoms with van der Waals surface area (Å²) in [7, 11) is 1.90. The molecule has 1 aliphatic carbocycles. The van der Waals surface area contributed by atoms with E-state index >= 15 is 0 Å². The summed E-state index contributed by atoms with van der Waals surface area (Å²) in [5, 5.41) is 4.83. The third kappa shape index (κ3) is 3.10. The second kappa shape index (κ2) is 7.16. The zero-order chi connectivity index (χ0) is 18.1. The number of rotatable bonds is 4. The van der Waals surface area contributed by atoms with Crippen molar-refractivity contribution in [2.45, 2.75) is 58.6 Å². The quantitative estimate of drug-likeness (QED) is 0.822. The molecule has 0 radical (unpaired) electrons. The Labute approximate surface area is 157 Å². The molecule has 2 aliphatic rings. The van der Waals surface area contributed by atoms with Crippen molar-refractivity contribution in [1.29, 1.82) is 0 Å². The molecule has 1 spiro atoms. The van der Waals surface area contributed by atoms with Crippen LogP contribution in [-0.2, 0) is 11.3 Å².